The van der Waals surface area contributed by atoms with Crippen molar-refractivity contribution < 1.29 is 5.11 Å². The van der Waals surface area contributed by atoms with E-state index in [2.05, 4.69) is 26.1 Å². The molecule has 0 aliphatic heterocycles. The Morgan fingerprint density at radius 3 is 2.62 bits per heavy atom. The van der Waals surface area contributed by atoms with Gasteiger partial charge in [-0.2, -0.15) is 0 Å². The Labute approximate surface area is 101 Å². The molecule has 0 spiro atoms. The van der Waals surface area contributed by atoms with Gasteiger partial charge in [-0.25, -0.2) is 0 Å². The molecule has 2 N–H and O–H groups in total. The van der Waals surface area contributed by atoms with E-state index in [9.17, 15) is 0 Å². The van der Waals surface area contributed by atoms with Gasteiger partial charge in [-0.15, -0.1) is 0 Å². The van der Waals surface area contributed by atoms with E-state index in [0.29, 0.717) is 12.5 Å². The second-order valence-corrected chi connectivity index (χ2v) is 5.85. The molecule has 1 saturated carbocycles. The summed E-state index contributed by atoms with van der Waals surface area (Å²) in [6.07, 6.45) is 6.41. The molecule has 0 amide bonds. The predicted octanol–water partition coefficient (Wildman–Crippen LogP) is 2.81. The van der Waals surface area contributed by atoms with Crippen molar-refractivity contribution in [2.45, 2.75) is 58.9 Å². The highest BCUT2D eigenvalue weighted by molar-refractivity contribution is 4.79. The second kappa shape index (κ2) is 7.29. The SMILES string of the molecule is CC(CO)CCCNC1CCC(C)C(C)C1. The van der Waals surface area contributed by atoms with Crippen LogP contribution in [0.4, 0.5) is 0 Å². The topological polar surface area (TPSA) is 32.3 Å². The minimum absolute atomic E-state index is 0.331. The van der Waals surface area contributed by atoms with Crippen molar-refractivity contribution in [2.75, 3.05) is 13.2 Å². The molecule has 1 aliphatic rings. The molecule has 96 valence electrons. The molecule has 0 bridgehead atoms. The van der Waals surface area contributed by atoms with E-state index in [1.807, 2.05) is 0 Å². The van der Waals surface area contributed by atoms with Crippen LogP contribution in [-0.2, 0) is 0 Å². The summed E-state index contributed by atoms with van der Waals surface area (Å²) < 4.78 is 0. The van der Waals surface area contributed by atoms with E-state index >= 15 is 0 Å². The fraction of sp³-hybridized carbons (Fsp3) is 1.00. The Morgan fingerprint density at radius 1 is 1.25 bits per heavy atom. The molecule has 16 heavy (non-hydrogen) atoms. The molecule has 0 aromatic rings. The normalized spacial score (nSPS) is 32.6. The number of aliphatic hydroxyl groups is 1. The quantitative estimate of drug-likeness (QED) is 0.684. The third-order valence-electron chi connectivity index (χ3n) is 4.22. The van der Waals surface area contributed by atoms with Gasteiger partial charge in [0.1, 0.15) is 0 Å². The predicted molar refractivity (Wildman–Crippen MR) is 69.5 cm³/mol. The summed E-state index contributed by atoms with van der Waals surface area (Å²) in [6.45, 7) is 8.33. The fourth-order valence-corrected chi connectivity index (χ4v) is 2.58. The first-order valence-electron chi connectivity index (χ1n) is 6.97. The second-order valence-electron chi connectivity index (χ2n) is 5.85. The fourth-order valence-electron chi connectivity index (χ4n) is 2.58. The molecule has 1 fully saturated rings. The van der Waals surface area contributed by atoms with Gasteiger partial charge in [0, 0.05) is 12.6 Å². The lowest BCUT2D eigenvalue weighted by molar-refractivity contribution is 0.216. The maximum atomic E-state index is 8.93. The van der Waals surface area contributed by atoms with Gasteiger partial charge in [0.2, 0.25) is 0 Å². The maximum absolute atomic E-state index is 8.93. The number of rotatable bonds is 6. The Kier molecular flexibility index (Phi) is 6.37. The smallest absolute Gasteiger partial charge is 0.0456 e. The van der Waals surface area contributed by atoms with Crippen LogP contribution in [0.2, 0.25) is 0 Å². The van der Waals surface area contributed by atoms with Crippen molar-refractivity contribution in [3.05, 3.63) is 0 Å². The summed E-state index contributed by atoms with van der Waals surface area (Å²) in [7, 11) is 0. The van der Waals surface area contributed by atoms with E-state index in [1.54, 1.807) is 0 Å². The van der Waals surface area contributed by atoms with Crippen LogP contribution in [0, 0.1) is 17.8 Å². The van der Waals surface area contributed by atoms with Crippen LogP contribution in [0.15, 0.2) is 0 Å². The first-order valence-corrected chi connectivity index (χ1v) is 6.97. The van der Waals surface area contributed by atoms with Crippen molar-refractivity contribution in [1.82, 2.24) is 5.32 Å². The van der Waals surface area contributed by atoms with Gasteiger partial charge in [0.15, 0.2) is 0 Å². The molecule has 2 heteroatoms. The zero-order chi connectivity index (χ0) is 12.0. The average molecular weight is 227 g/mol. The van der Waals surface area contributed by atoms with Crippen molar-refractivity contribution in [1.29, 1.82) is 0 Å². The van der Waals surface area contributed by atoms with Crippen LogP contribution >= 0.6 is 0 Å². The molecular weight excluding hydrogens is 198 g/mol. The van der Waals surface area contributed by atoms with Crippen LogP contribution < -0.4 is 5.32 Å². The Hall–Kier alpha value is -0.0800. The molecule has 0 aromatic carbocycles. The van der Waals surface area contributed by atoms with Gasteiger partial charge < -0.3 is 10.4 Å². The van der Waals surface area contributed by atoms with Crippen LogP contribution in [-0.4, -0.2) is 24.3 Å². The highest BCUT2D eigenvalue weighted by Gasteiger charge is 2.23. The molecule has 0 radical (unpaired) electrons. The number of aliphatic hydroxyl groups excluding tert-OH is 1. The lowest BCUT2D eigenvalue weighted by Gasteiger charge is -2.32. The van der Waals surface area contributed by atoms with Crippen LogP contribution in [0.3, 0.4) is 0 Å². The van der Waals surface area contributed by atoms with Crippen molar-refractivity contribution in [3.8, 4) is 0 Å². The minimum Gasteiger partial charge on any atom is -0.396 e. The van der Waals surface area contributed by atoms with Gasteiger partial charge in [-0.05, 0) is 56.4 Å². The lowest BCUT2D eigenvalue weighted by atomic mass is 9.79. The van der Waals surface area contributed by atoms with Crippen molar-refractivity contribution >= 4 is 0 Å². The van der Waals surface area contributed by atoms with E-state index < -0.39 is 0 Å². The number of hydrogen-bond acceptors (Lipinski definition) is 2. The van der Waals surface area contributed by atoms with Gasteiger partial charge in [0.05, 0.1) is 0 Å². The summed E-state index contributed by atoms with van der Waals surface area (Å²) in [6, 6.07) is 0.746. The van der Waals surface area contributed by atoms with E-state index in [0.717, 1.165) is 30.8 Å². The largest absolute Gasteiger partial charge is 0.396 e. The minimum atomic E-state index is 0.331. The molecule has 1 rings (SSSR count). The van der Waals surface area contributed by atoms with Gasteiger partial charge in [-0.1, -0.05) is 20.8 Å². The van der Waals surface area contributed by atoms with Crippen LogP contribution in [0.5, 0.6) is 0 Å². The number of hydrogen-bond donors (Lipinski definition) is 2. The van der Waals surface area contributed by atoms with Gasteiger partial charge >= 0.3 is 0 Å². The standard InChI is InChI=1S/C14H29NO/c1-11(10-16)5-4-8-15-14-7-6-12(2)13(3)9-14/h11-16H,4-10H2,1-3H3. The highest BCUT2D eigenvalue weighted by Crippen LogP contribution is 2.29. The number of nitrogens with one attached hydrogen (secondary N) is 1. The summed E-state index contributed by atoms with van der Waals surface area (Å²) in [5.74, 6) is 2.25. The van der Waals surface area contributed by atoms with Gasteiger partial charge in [0.25, 0.3) is 0 Å². The summed E-state index contributed by atoms with van der Waals surface area (Å²) in [5.41, 5.74) is 0. The monoisotopic (exact) mass is 227 g/mol. The maximum Gasteiger partial charge on any atom is 0.0456 e. The van der Waals surface area contributed by atoms with Gasteiger partial charge in [-0.3, -0.25) is 0 Å². The molecule has 1 aliphatic carbocycles. The molecular formula is C14H29NO. The summed E-state index contributed by atoms with van der Waals surface area (Å²) in [5, 5.41) is 12.6. The van der Waals surface area contributed by atoms with Crippen molar-refractivity contribution in [2.24, 2.45) is 17.8 Å². The van der Waals surface area contributed by atoms with E-state index in [4.69, 9.17) is 5.11 Å². The Balaban J connectivity index is 2.05. The van der Waals surface area contributed by atoms with E-state index in [-0.39, 0.29) is 0 Å². The highest BCUT2D eigenvalue weighted by atomic mass is 16.3. The molecule has 4 unspecified atom stereocenters. The van der Waals surface area contributed by atoms with Crippen LogP contribution in [0.25, 0.3) is 0 Å². The Bertz CT molecular complexity index is 184. The third kappa shape index (κ3) is 4.84. The molecule has 0 aromatic heterocycles. The lowest BCUT2D eigenvalue weighted by Crippen LogP contribution is -2.36. The van der Waals surface area contributed by atoms with Crippen molar-refractivity contribution in [3.63, 3.8) is 0 Å². The first-order chi connectivity index (χ1) is 7.63. The molecule has 0 heterocycles. The van der Waals surface area contributed by atoms with Crippen LogP contribution in [0.1, 0.15) is 52.9 Å². The summed E-state index contributed by atoms with van der Waals surface area (Å²) in [4.78, 5) is 0. The summed E-state index contributed by atoms with van der Waals surface area (Å²) >= 11 is 0. The average Bonchev–Trinajstić information content (AvgIpc) is 2.28. The molecule has 2 nitrogen and oxygen atoms in total. The first kappa shape index (κ1) is 14.0. The molecule has 0 saturated heterocycles. The third-order valence-corrected chi connectivity index (χ3v) is 4.22. The molecule has 4 atom stereocenters. The zero-order valence-electron chi connectivity index (χ0n) is 11.2. The zero-order valence-corrected chi connectivity index (χ0v) is 11.2. The Morgan fingerprint density at radius 2 is 2.00 bits per heavy atom. The van der Waals surface area contributed by atoms with E-state index in [1.165, 1.54) is 25.7 Å².